The van der Waals surface area contributed by atoms with Crippen LogP contribution in [0.25, 0.3) is 0 Å². The molecule has 128 valence electrons. The first-order chi connectivity index (χ1) is 11.6. The molecule has 5 nitrogen and oxygen atoms in total. The van der Waals surface area contributed by atoms with E-state index in [1.807, 2.05) is 42.5 Å². The molecule has 2 aromatic rings. The minimum absolute atomic E-state index is 0.00282. The quantitative estimate of drug-likeness (QED) is 0.783. The van der Waals surface area contributed by atoms with E-state index in [-0.39, 0.29) is 5.91 Å². The van der Waals surface area contributed by atoms with Crippen LogP contribution in [0.2, 0.25) is 0 Å². The molecule has 0 aliphatic heterocycles. The number of methoxy groups -OCH3 is 3. The molecular weight excluding hydrogens is 306 g/mol. The summed E-state index contributed by atoms with van der Waals surface area (Å²) in [5.74, 6) is 1.80. The number of likely N-dealkylation sites (N-methyl/N-ethyl adjacent to an activating group) is 1. The van der Waals surface area contributed by atoms with E-state index in [1.165, 1.54) is 0 Å². The highest BCUT2D eigenvalue weighted by Crippen LogP contribution is 2.38. The van der Waals surface area contributed by atoms with Crippen LogP contribution < -0.4 is 14.2 Å². The molecule has 0 fully saturated rings. The van der Waals surface area contributed by atoms with Crippen molar-refractivity contribution in [2.24, 2.45) is 0 Å². The van der Waals surface area contributed by atoms with Crippen LogP contribution in [0.5, 0.6) is 17.2 Å². The second-order valence-electron chi connectivity index (χ2n) is 5.38. The average molecular weight is 329 g/mol. The SMILES string of the molecule is COc1cc(CCN(C)C(=O)c2ccccc2)cc(OC)c1OC. The minimum Gasteiger partial charge on any atom is -0.493 e. The number of hydrogen-bond acceptors (Lipinski definition) is 4. The summed E-state index contributed by atoms with van der Waals surface area (Å²) in [7, 11) is 6.55. The lowest BCUT2D eigenvalue weighted by Crippen LogP contribution is -2.28. The lowest BCUT2D eigenvalue weighted by molar-refractivity contribution is 0.0796. The Bertz CT molecular complexity index is 660. The predicted molar refractivity (Wildman–Crippen MR) is 93.2 cm³/mol. The molecule has 1 amide bonds. The molecule has 0 aliphatic rings. The van der Waals surface area contributed by atoms with Gasteiger partial charge in [-0.05, 0) is 36.2 Å². The van der Waals surface area contributed by atoms with Gasteiger partial charge in [-0.3, -0.25) is 4.79 Å². The van der Waals surface area contributed by atoms with Gasteiger partial charge < -0.3 is 19.1 Å². The zero-order chi connectivity index (χ0) is 17.5. The van der Waals surface area contributed by atoms with Crippen molar-refractivity contribution < 1.29 is 19.0 Å². The maximum atomic E-state index is 12.4. The lowest BCUT2D eigenvalue weighted by atomic mass is 10.1. The molecule has 0 aromatic heterocycles. The first-order valence-electron chi connectivity index (χ1n) is 7.70. The lowest BCUT2D eigenvalue weighted by Gasteiger charge is -2.18. The van der Waals surface area contributed by atoms with Crippen LogP contribution in [0, 0.1) is 0 Å². The Kier molecular flexibility index (Phi) is 6.07. The molecule has 2 rings (SSSR count). The van der Waals surface area contributed by atoms with Gasteiger partial charge in [0.15, 0.2) is 11.5 Å². The molecule has 0 aliphatic carbocycles. The second kappa shape index (κ2) is 8.24. The molecule has 0 saturated carbocycles. The molecule has 24 heavy (non-hydrogen) atoms. The van der Waals surface area contributed by atoms with E-state index in [9.17, 15) is 4.79 Å². The fourth-order valence-electron chi connectivity index (χ4n) is 2.48. The van der Waals surface area contributed by atoms with Crippen molar-refractivity contribution in [2.75, 3.05) is 34.9 Å². The minimum atomic E-state index is 0.00282. The Morgan fingerprint density at radius 3 is 2.04 bits per heavy atom. The van der Waals surface area contributed by atoms with Crippen LogP contribution in [0.3, 0.4) is 0 Å². The maximum absolute atomic E-state index is 12.4. The number of carbonyl (C=O) groups excluding carboxylic acids is 1. The molecule has 0 spiro atoms. The molecule has 0 radical (unpaired) electrons. The summed E-state index contributed by atoms with van der Waals surface area (Å²) in [6.45, 7) is 0.590. The van der Waals surface area contributed by atoms with Gasteiger partial charge in [0.25, 0.3) is 5.91 Å². The Morgan fingerprint density at radius 1 is 0.958 bits per heavy atom. The van der Waals surface area contributed by atoms with Gasteiger partial charge in [0.05, 0.1) is 21.3 Å². The number of nitrogens with zero attached hydrogens (tertiary/aromatic N) is 1. The van der Waals surface area contributed by atoms with E-state index in [4.69, 9.17) is 14.2 Å². The topological polar surface area (TPSA) is 48.0 Å². The van der Waals surface area contributed by atoms with E-state index in [1.54, 1.807) is 33.3 Å². The van der Waals surface area contributed by atoms with Crippen molar-refractivity contribution in [3.63, 3.8) is 0 Å². The van der Waals surface area contributed by atoms with Crippen LogP contribution in [-0.2, 0) is 6.42 Å². The molecule has 0 saturated heterocycles. The summed E-state index contributed by atoms with van der Waals surface area (Å²) in [5.41, 5.74) is 1.70. The average Bonchev–Trinajstić information content (AvgIpc) is 2.65. The predicted octanol–water partition coefficient (Wildman–Crippen LogP) is 3.03. The molecule has 0 atom stereocenters. The van der Waals surface area contributed by atoms with E-state index in [2.05, 4.69) is 0 Å². The van der Waals surface area contributed by atoms with Crippen molar-refractivity contribution >= 4 is 5.91 Å². The third kappa shape index (κ3) is 3.98. The molecule has 0 unspecified atom stereocenters. The molecule has 0 bridgehead atoms. The summed E-state index contributed by atoms with van der Waals surface area (Å²) in [6.07, 6.45) is 0.686. The molecule has 2 aromatic carbocycles. The zero-order valence-corrected chi connectivity index (χ0v) is 14.5. The van der Waals surface area contributed by atoms with Crippen LogP contribution >= 0.6 is 0 Å². The summed E-state index contributed by atoms with van der Waals surface area (Å²) >= 11 is 0. The van der Waals surface area contributed by atoms with Gasteiger partial charge in [-0.2, -0.15) is 0 Å². The first kappa shape index (κ1) is 17.7. The van der Waals surface area contributed by atoms with Gasteiger partial charge >= 0.3 is 0 Å². The highest BCUT2D eigenvalue weighted by Gasteiger charge is 2.15. The van der Waals surface area contributed by atoms with Crippen LogP contribution in [0.15, 0.2) is 42.5 Å². The van der Waals surface area contributed by atoms with E-state index < -0.39 is 0 Å². The van der Waals surface area contributed by atoms with Crippen molar-refractivity contribution in [3.8, 4) is 17.2 Å². The number of hydrogen-bond donors (Lipinski definition) is 0. The standard InChI is InChI=1S/C19H23NO4/c1-20(19(21)15-8-6-5-7-9-15)11-10-14-12-16(22-2)18(24-4)17(13-14)23-3/h5-9,12-13H,10-11H2,1-4H3. The first-order valence-corrected chi connectivity index (χ1v) is 7.70. The van der Waals surface area contributed by atoms with Gasteiger partial charge in [0.1, 0.15) is 0 Å². The molecule has 0 heterocycles. The molecule has 0 N–H and O–H groups in total. The van der Waals surface area contributed by atoms with Gasteiger partial charge in [0, 0.05) is 19.2 Å². The summed E-state index contributed by atoms with van der Waals surface area (Å²) in [5, 5.41) is 0. The molecule has 5 heteroatoms. The largest absolute Gasteiger partial charge is 0.493 e. The van der Waals surface area contributed by atoms with Crippen LogP contribution in [0.1, 0.15) is 15.9 Å². The van der Waals surface area contributed by atoms with Crippen LogP contribution in [-0.4, -0.2) is 45.7 Å². The van der Waals surface area contributed by atoms with E-state index in [0.717, 1.165) is 5.56 Å². The number of amides is 1. The highest BCUT2D eigenvalue weighted by molar-refractivity contribution is 5.93. The van der Waals surface area contributed by atoms with Gasteiger partial charge in [-0.25, -0.2) is 0 Å². The molecular formula is C19H23NO4. The number of carbonyl (C=O) groups is 1. The number of rotatable bonds is 7. The van der Waals surface area contributed by atoms with Crippen molar-refractivity contribution in [3.05, 3.63) is 53.6 Å². The highest BCUT2D eigenvalue weighted by atomic mass is 16.5. The van der Waals surface area contributed by atoms with Crippen molar-refractivity contribution in [2.45, 2.75) is 6.42 Å². The smallest absolute Gasteiger partial charge is 0.253 e. The summed E-state index contributed by atoms with van der Waals surface area (Å²) in [4.78, 5) is 14.1. The van der Waals surface area contributed by atoms with Gasteiger partial charge in [-0.15, -0.1) is 0 Å². The normalized spacial score (nSPS) is 10.2. The zero-order valence-electron chi connectivity index (χ0n) is 14.5. The summed E-state index contributed by atoms with van der Waals surface area (Å²) in [6, 6.07) is 13.1. The van der Waals surface area contributed by atoms with E-state index >= 15 is 0 Å². The number of benzene rings is 2. The maximum Gasteiger partial charge on any atom is 0.253 e. The Morgan fingerprint density at radius 2 is 1.54 bits per heavy atom. The van der Waals surface area contributed by atoms with Gasteiger partial charge in [-0.1, -0.05) is 18.2 Å². The third-order valence-corrected chi connectivity index (χ3v) is 3.83. The second-order valence-corrected chi connectivity index (χ2v) is 5.38. The van der Waals surface area contributed by atoms with Crippen LogP contribution in [0.4, 0.5) is 0 Å². The fraction of sp³-hybridized carbons (Fsp3) is 0.316. The monoisotopic (exact) mass is 329 g/mol. The van der Waals surface area contributed by atoms with E-state index in [0.29, 0.717) is 35.8 Å². The summed E-state index contributed by atoms with van der Waals surface area (Å²) < 4.78 is 16.0. The third-order valence-electron chi connectivity index (χ3n) is 3.83. The van der Waals surface area contributed by atoms with Crippen molar-refractivity contribution in [1.82, 2.24) is 4.90 Å². The van der Waals surface area contributed by atoms with Gasteiger partial charge in [0.2, 0.25) is 5.75 Å². The Hall–Kier alpha value is -2.69. The number of ether oxygens (including phenoxy) is 3. The Balaban J connectivity index is 2.10. The van der Waals surface area contributed by atoms with Crippen molar-refractivity contribution in [1.29, 1.82) is 0 Å². The Labute approximate surface area is 142 Å². The fourth-order valence-corrected chi connectivity index (χ4v) is 2.48.